The van der Waals surface area contributed by atoms with Crippen molar-refractivity contribution in [3.8, 4) is 0 Å². The smallest absolute Gasteiger partial charge is 0.273 e. The summed E-state index contributed by atoms with van der Waals surface area (Å²) in [6.07, 6.45) is 0.0434. The molecule has 8 heteroatoms. The normalized spacial score (nSPS) is 14.2. The van der Waals surface area contributed by atoms with Crippen LogP contribution in [0.3, 0.4) is 0 Å². The van der Waals surface area contributed by atoms with Gasteiger partial charge in [-0.2, -0.15) is 5.10 Å². The maximum Gasteiger partial charge on any atom is 0.273 e. The summed E-state index contributed by atoms with van der Waals surface area (Å²) in [7, 11) is 0. The molecule has 0 radical (unpaired) electrons. The number of primary amides is 1. The zero-order chi connectivity index (χ0) is 19.6. The molecule has 0 aliphatic carbocycles. The number of fused-ring (bicyclic) bond motifs is 1. The lowest BCUT2D eigenvalue weighted by Crippen LogP contribution is -2.52. The van der Waals surface area contributed by atoms with Gasteiger partial charge in [-0.25, -0.2) is 0 Å². The zero-order valence-corrected chi connectivity index (χ0v) is 17.0. The number of hydrogen-bond acceptors (Lipinski definition) is 4. The highest BCUT2D eigenvalue weighted by Gasteiger charge is 2.32. The fraction of sp³-hybridized carbons (Fsp3) is 0.500. The number of aliphatic hydroxyl groups is 1. The molecule has 0 saturated heterocycles. The second-order valence-electron chi connectivity index (χ2n) is 7.55. The van der Waals surface area contributed by atoms with Gasteiger partial charge in [-0.15, -0.1) is 0 Å². The number of nitrogens with two attached hydrogens (primary N) is 1. The zero-order valence-electron chi connectivity index (χ0n) is 15.4. The van der Waals surface area contributed by atoms with Crippen molar-refractivity contribution in [2.75, 3.05) is 0 Å². The first-order valence-corrected chi connectivity index (χ1v) is 9.24. The van der Waals surface area contributed by atoms with Crippen molar-refractivity contribution in [2.24, 2.45) is 11.1 Å². The highest BCUT2D eigenvalue weighted by atomic mass is 79.9. The average Bonchev–Trinajstić information content (AvgIpc) is 2.86. The lowest BCUT2D eigenvalue weighted by molar-refractivity contribution is -0.122. The van der Waals surface area contributed by atoms with E-state index < -0.39 is 29.4 Å². The van der Waals surface area contributed by atoms with Crippen molar-refractivity contribution in [1.82, 2.24) is 15.1 Å². The van der Waals surface area contributed by atoms with Crippen LogP contribution in [0.25, 0.3) is 10.9 Å². The molecule has 2 rings (SSSR count). The molecule has 0 bridgehead atoms. The van der Waals surface area contributed by atoms with Gasteiger partial charge in [-0.1, -0.05) is 36.7 Å². The molecule has 1 aromatic carbocycles. The number of aromatic nitrogens is 2. The molecule has 0 fully saturated rings. The fourth-order valence-corrected chi connectivity index (χ4v) is 3.07. The minimum absolute atomic E-state index is 0.224. The molecule has 2 amide bonds. The second-order valence-corrected chi connectivity index (χ2v) is 8.46. The average molecular weight is 425 g/mol. The number of aliphatic hydroxyl groups excluding tert-OH is 1. The highest BCUT2D eigenvalue weighted by Crippen LogP contribution is 2.25. The van der Waals surface area contributed by atoms with Gasteiger partial charge in [0.1, 0.15) is 6.04 Å². The molecule has 0 spiro atoms. The number of nitrogens with zero attached hydrogens (tertiary/aromatic N) is 2. The van der Waals surface area contributed by atoms with Crippen LogP contribution >= 0.6 is 15.9 Å². The number of amides is 2. The Morgan fingerprint density at radius 1 is 1.38 bits per heavy atom. The topological polar surface area (TPSA) is 110 Å². The van der Waals surface area contributed by atoms with Gasteiger partial charge in [-0.3, -0.25) is 14.3 Å². The minimum Gasteiger partial charge on any atom is -0.393 e. The second kappa shape index (κ2) is 7.75. The Hall–Kier alpha value is -1.93. The third-order valence-corrected chi connectivity index (χ3v) is 4.61. The van der Waals surface area contributed by atoms with Crippen LogP contribution in [0.2, 0.25) is 0 Å². The monoisotopic (exact) mass is 424 g/mol. The Bertz CT molecular complexity index is 824. The molecule has 1 heterocycles. The predicted octanol–water partition coefficient (Wildman–Crippen LogP) is 2.20. The van der Waals surface area contributed by atoms with E-state index in [1.807, 2.05) is 39.0 Å². The Morgan fingerprint density at radius 2 is 2.04 bits per heavy atom. The maximum atomic E-state index is 12.8. The van der Waals surface area contributed by atoms with E-state index in [-0.39, 0.29) is 5.69 Å². The summed E-state index contributed by atoms with van der Waals surface area (Å²) < 4.78 is 2.51. The summed E-state index contributed by atoms with van der Waals surface area (Å²) in [6.45, 7) is 7.67. The van der Waals surface area contributed by atoms with E-state index in [1.165, 1.54) is 0 Å². The van der Waals surface area contributed by atoms with Crippen molar-refractivity contribution >= 4 is 38.6 Å². The SMILES string of the molecule is CC(O)CCn1nc(C(=O)NC(C(N)=O)C(C)(C)C)c2cc(Br)ccc21. The summed E-state index contributed by atoms with van der Waals surface area (Å²) in [6, 6.07) is 4.72. The van der Waals surface area contributed by atoms with Crippen LogP contribution < -0.4 is 11.1 Å². The van der Waals surface area contributed by atoms with Crippen LogP contribution in [0, 0.1) is 5.41 Å². The van der Waals surface area contributed by atoms with Crippen LogP contribution in [-0.2, 0) is 11.3 Å². The van der Waals surface area contributed by atoms with Crippen molar-refractivity contribution in [3.63, 3.8) is 0 Å². The van der Waals surface area contributed by atoms with Crippen molar-refractivity contribution < 1.29 is 14.7 Å². The van der Waals surface area contributed by atoms with Gasteiger partial charge in [-0.05, 0) is 37.0 Å². The summed E-state index contributed by atoms with van der Waals surface area (Å²) in [5.41, 5.74) is 5.94. The minimum atomic E-state index is -0.820. The molecule has 0 aliphatic heterocycles. The number of hydrogen-bond donors (Lipinski definition) is 3. The van der Waals surface area contributed by atoms with Gasteiger partial charge in [0.25, 0.3) is 5.91 Å². The Kier molecular flexibility index (Phi) is 6.08. The standard InChI is InChI=1S/C18H25BrN4O3/c1-10(24)7-8-23-13-6-5-11(19)9-12(13)14(22-23)17(26)21-15(16(20)25)18(2,3)4/h5-6,9-10,15,24H,7-8H2,1-4H3,(H2,20,25)(H,21,26). The van der Waals surface area contributed by atoms with Gasteiger partial charge in [0.05, 0.1) is 11.6 Å². The molecule has 142 valence electrons. The number of carbonyl (C=O) groups excluding carboxylic acids is 2. The van der Waals surface area contributed by atoms with Crippen molar-refractivity contribution in [1.29, 1.82) is 0 Å². The Morgan fingerprint density at radius 3 is 2.58 bits per heavy atom. The predicted molar refractivity (Wildman–Crippen MR) is 104 cm³/mol. The van der Waals surface area contributed by atoms with Gasteiger partial charge < -0.3 is 16.2 Å². The molecule has 1 aromatic heterocycles. The molecule has 0 saturated carbocycles. The molecular formula is C18H25BrN4O3. The third kappa shape index (κ3) is 4.62. The van der Waals surface area contributed by atoms with Crippen LogP contribution in [0.5, 0.6) is 0 Å². The first kappa shape index (κ1) is 20.4. The van der Waals surface area contributed by atoms with E-state index >= 15 is 0 Å². The highest BCUT2D eigenvalue weighted by molar-refractivity contribution is 9.10. The molecular weight excluding hydrogens is 400 g/mol. The van der Waals surface area contributed by atoms with Gasteiger partial charge in [0.2, 0.25) is 5.91 Å². The lowest BCUT2D eigenvalue weighted by atomic mass is 9.86. The first-order valence-electron chi connectivity index (χ1n) is 8.45. The summed E-state index contributed by atoms with van der Waals surface area (Å²) in [5.74, 6) is -1.05. The van der Waals surface area contributed by atoms with E-state index in [1.54, 1.807) is 11.6 Å². The van der Waals surface area contributed by atoms with E-state index in [0.717, 1.165) is 9.99 Å². The number of nitrogens with one attached hydrogen (secondary N) is 1. The molecule has 2 unspecified atom stereocenters. The summed E-state index contributed by atoms with van der Waals surface area (Å²) in [5, 5.41) is 17.3. The maximum absolute atomic E-state index is 12.8. The van der Waals surface area contributed by atoms with E-state index in [0.29, 0.717) is 18.4 Å². The van der Waals surface area contributed by atoms with Gasteiger partial charge >= 0.3 is 0 Å². The summed E-state index contributed by atoms with van der Waals surface area (Å²) >= 11 is 3.41. The molecule has 2 atom stereocenters. The lowest BCUT2D eigenvalue weighted by Gasteiger charge is -2.28. The van der Waals surface area contributed by atoms with Gasteiger partial charge in [0.15, 0.2) is 5.69 Å². The van der Waals surface area contributed by atoms with Crippen LogP contribution in [0.4, 0.5) is 0 Å². The van der Waals surface area contributed by atoms with Crippen LogP contribution in [0.1, 0.15) is 44.6 Å². The van der Waals surface area contributed by atoms with Crippen LogP contribution in [-0.4, -0.2) is 38.8 Å². The summed E-state index contributed by atoms with van der Waals surface area (Å²) in [4.78, 5) is 24.6. The number of carbonyl (C=O) groups is 2. The molecule has 7 nitrogen and oxygen atoms in total. The number of rotatable bonds is 6. The van der Waals surface area contributed by atoms with Crippen molar-refractivity contribution in [3.05, 3.63) is 28.4 Å². The Balaban J connectivity index is 2.42. The molecule has 2 aromatic rings. The quantitative estimate of drug-likeness (QED) is 0.659. The van der Waals surface area contributed by atoms with Gasteiger partial charge in [0, 0.05) is 16.4 Å². The largest absolute Gasteiger partial charge is 0.393 e. The van der Waals surface area contributed by atoms with Crippen molar-refractivity contribution in [2.45, 2.75) is 52.8 Å². The van der Waals surface area contributed by atoms with E-state index in [9.17, 15) is 14.7 Å². The van der Waals surface area contributed by atoms with Crippen LogP contribution in [0.15, 0.2) is 22.7 Å². The number of aryl methyl sites for hydroxylation is 1. The molecule has 4 N–H and O–H groups in total. The van der Waals surface area contributed by atoms with E-state index in [4.69, 9.17) is 5.73 Å². The fourth-order valence-electron chi connectivity index (χ4n) is 2.71. The number of halogens is 1. The van der Waals surface area contributed by atoms with E-state index in [2.05, 4.69) is 26.3 Å². The number of benzene rings is 1. The first-order chi connectivity index (χ1) is 12.0. The third-order valence-electron chi connectivity index (χ3n) is 4.11. The molecule has 26 heavy (non-hydrogen) atoms. The molecule has 0 aliphatic rings. The Labute approximate surface area is 161 Å².